The van der Waals surface area contributed by atoms with E-state index in [0.717, 1.165) is 46.6 Å². The molecule has 0 radical (unpaired) electrons. The Morgan fingerprint density at radius 1 is 1.25 bits per heavy atom. The minimum atomic E-state index is -3.04. The summed E-state index contributed by atoms with van der Waals surface area (Å²) in [5.41, 5.74) is 3.64. The first kappa shape index (κ1) is 24.5. The van der Waals surface area contributed by atoms with Gasteiger partial charge in [0, 0.05) is 30.8 Å². The van der Waals surface area contributed by atoms with E-state index in [1.54, 1.807) is 0 Å². The molecule has 1 amide bonds. The normalized spacial score (nSPS) is 19.7. The van der Waals surface area contributed by atoms with Crippen molar-refractivity contribution < 1.29 is 22.7 Å². The predicted molar refractivity (Wildman–Crippen MR) is 136 cm³/mol. The second kappa shape index (κ2) is 10.4. The number of amides is 1. The summed E-state index contributed by atoms with van der Waals surface area (Å²) >= 11 is 0. The SMILES string of the molecule is CS(=O)(=O)CCCNC(=O)[C@H]1CCc2[nH]c3ncnc(Nc4ccccc4OC4CCOC4)c3c2C1. The van der Waals surface area contributed by atoms with E-state index in [1.807, 2.05) is 24.3 Å². The fourth-order valence-corrected chi connectivity index (χ4v) is 5.50. The highest BCUT2D eigenvalue weighted by Crippen LogP contribution is 2.37. The number of sulfone groups is 1. The molecule has 1 aliphatic heterocycles. The number of carbonyl (C=O) groups is 1. The molecule has 1 fully saturated rings. The second-order valence-electron chi connectivity index (χ2n) is 9.47. The van der Waals surface area contributed by atoms with Gasteiger partial charge in [-0.05, 0) is 43.4 Å². The van der Waals surface area contributed by atoms with Crippen molar-refractivity contribution in [2.75, 3.05) is 37.1 Å². The Labute approximate surface area is 210 Å². The standard InChI is InChI=1S/C25H31N5O5S/c1-36(32,33)12-4-10-26-25(31)16-7-8-19-18(13-16)22-23(29-19)27-15-28-24(22)30-20-5-2-3-6-21(20)35-17-9-11-34-14-17/h2-3,5-6,15-17H,4,7-14H2,1H3,(H,26,31)(H2,27,28,29,30)/t16-,17?/m0/s1. The number of aromatic amines is 1. The lowest BCUT2D eigenvalue weighted by Crippen LogP contribution is -2.35. The zero-order valence-electron chi connectivity index (χ0n) is 20.2. The van der Waals surface area contributed by atoms with Gasteiger partial charge in [0.1, 0.15) is 39.5 Å². The Kier molecular flexibility index (Phi) is 7.10. The smallest absolute Gasteiger partial charge is 0.223 e. The summed E-state index contributed by atoms with van der Waals surface area (Å²) in [6, 6.07) is 7.75. The molecule has 3 heterocycles. The van der Waals surface area contributed by atoms with Crippen LogP contribution in [0.25, 0.3) is 11.0 Å². The van der Waals surface area contributed by atoms with Crippen LogP contribution in [0.5, 0.6) is 5.75 Å². The molecular weight excluding hydrogens is 482 g/mol. The number of nitrogens with one attached hydrogen (secondary N) is 3. The highest BCUT2D eigenvalue weighted by molar-refractivity contribution is 7.90. The Bertz CT molecular complexity index is 1350. The molecule has 0 spiro atoms. The minimum absolute atomic E-state index is 0.0232. The van der Waals surface area contributed by atoms with Gasteiger partial charge in [0.15, 0.2) is 0 Å². The van der Waals surface area contributed by atoms with Crippen LogP contribution in [0.15, 0.2) is 30.6 Å². The summed E-state index contributed by atoms with van der Waals surface area (Å²) in [4.78, 5) is 25.2. The number of aromatic nitrogens is 3. The Morgan fingerprint density at radius 3 is 2.92 bits per heavy atom. The molecule has 5 rings (SSSR count). The van der Waals surface area contributed by atoms with Crippen LogP contribution in [0.2, 0.25) is 0 Å². The number of nitrogens with zero attached hydrogens (tertiary/aromatic N) is 2. The summed E-state index contributed by atoms with van der Waals surface area (Å²) in [6.07, 6.45) is 6.02. The van der Waals surface area contributed by atoms with Crippen molar-refractivity contribution in [3.8, 4) is 5.75 Å². The average Bonchev–Trinajstić information content (AvgIpc) is 3.50. The lowest BCUT2D eigenvalue weighted by molar-refractivity contribution is -0.125. The summed E-state index contributed by atoms with van der Waals surface area (Å²) in [5.74, 6) is 1.21. The fourth-order valence-electron chi connectivity index (χ4n) is 4.84. The molecule has 192 valence electrons. The Balaban J connectivity index is 1.34. The molecule has 2 aromatic heterocycles. The molecule has 3 aromatic rings. The highest BCUT2D eigenvalue weighted by atomic mass is 32.2. The van der Waals surface area contributed by atoms with Crippen LogP contribution in [-0.2, 0) is 32.2 Å². The molecule has 0 bridgehead atoms. The van der Waals surface area contributed by atoms with Crippen LogP contribution in [0.3, 0.4) is 0 Å². The average molecular weight is 514 g/mol. The van der Waals surface area contributed by atoms with Gasteiger partial charge in [-0.3, -0.25) is 4.79 Å². The van der Waals surface area contributed by atoms with Crippen LogP contribution in [0.4, 0.5) is 11.5 Å². The molecular formula is C25H31N5O5S. The van der Waals surface area contributed by atoms with Crippen LogP contribution in [-0.4, -0.2) is 67.1 Å². The van der Waals surface area contributed by atoms with Crippen molar-refractivity contribution in [2.24, 2.45) is 5.92 Å². The van der Waals surface area contributed by atoms with Gasteiger partial charge in [-0.25, -0.2) is 18.4 Å². The second-order valence-corrected chi connectivity index (χ2v) is 11.7. The minimum Gasteiger partial charge on any atom is -0.486 e. The lowest BCUT2D eigenvalue weighted by Gasteiger charge is -2.22. The number of anilines is 2. The van der Waals surface area contributed by atoms with E-state index < -0.39 is 9.84 Å². The fraction of sp³-hybridized carbons (Fsp3) is 0.480. The van der Waals surface area contributed by atoms with E-state index >= 15 is 0 Å². The van der Waals surface area contributed by atoms with Crippen molar-refractivity contribution in [1.82, 2.24) is 20.3 Å². The Hall–Kier alpha value is -3.18. The van der Waals surface area contributed by atoms with Gasteiger partial charge in [-0.1, -0.05) is 12.1 Å². The first-order chi connectivity index (χ1) is 17.4. The zero-order chi connectivity index (χ0) is 25.1. The number of aryl methyl sites for hydroxylation is 1. The monoisotopic (exact) mass is 513 g/mol. The van der Waals surface area contributed by atoms with E-state index in [-0.39, 0.29) is 23.7 Å². The largest absolute Gasteiger partial charge is 0.486 e. The van der Waals surface area contributed by atoms with Crippen molar-refractivity contribution in [3.05, 3.63) is 41.9 Å². The number of para-hydroxylation sites is 2. The maximum absolute atomic E-state index is 12.8. The molecule has 10 nitrogen and oxygen atoms in total. The lowest BCUT2D eigenvalue weighted by atomic mass is 9.86. The third kappa shape index (κ3) is 5.62. The van der Waals surface area contributed by atoms with Gasteiger partial charge in [0.2, 0.25) is 5.91 Å². The number of hydrogen-bond donors (Lipinski definition) is 3. The van der Waals surface area contributed by atoms with Crippen LogP contribution in [0.1, 0.15) is 30.5 Å². The first-order valence-corrected chi connectivity index (χ1v) is 14.3. The van der Waals surface area contributed by atoms with E-state index in [4.69, 9.17) is 9.47 Å². The van der Waals surface area contributed by atoms with Crippen molar-refractivity contribution in [1.29, 1.82) is 0 Å². The van der Waals surface area contributed by atoms with E-state index in [1.165, 1.54) is 12.6 Å². The molecule has 0 saturated carbocycles. The molecule has 36 heavy (non-hydrogen) atoms. The molecule has 3 N–H and O–H groups in total. The van der Waals surface area contributed by atoms with Crippen molar-refractivity contribution >= 4 is 38.3 Å². The molecule has 2 aliphatic rings. The molecule has 2 atom stereocenters. The first-order valence-electron chi connectivity index (χ1n) is 12.3. The van der Waals surface area contributed by atoms with Crippen LogP contribution in [0, 0.1) is 5.92 Å². The number of fused-ring (bicyclic) bond motifs is 3. The van der Waals surface area contributed by atoms with Gasteiger partial charge >= 0.3 is 0 Å². The number of ether oxygens (including phenoxy) is 2. The van der Waals surface area contributed by atoms with E-state index in [2.05, 4.69) is 25.6 Å². The molecule has 1 unspecified atom stereocenters. The molecule has 1 aromatic carbocycles. The molecule has 11 heteroatoms. The van der Waals surface area contributed by atoms with E-state index in [9.17, 15) is 13.2 Å². The number of H-pyrrole nitrogens is 1. The van der Waals surface area contributed by atoms with E-state index in [0.29, 0.717) is 44.8 Å². The van der Waals surface area contributed by atoms with Crippen LogP contribution >= 0.6 is 0 Å². The summed E-state index contributed by atoms with van der Waals surface area (Å²) in [6.45, 7) is 1.63. The number of rotatable bonds is 9. The van der Waals surface area contributed by atoms with Crippen molar-refractivity contribution in [2.45, 2.75) is 38.2 Å². The quantitative estimate of drug-likeness (QED) is 0.372. The summed E-state index contributed by atoms with van der Waals surface area (Å²) in [7, 11) is -3.04. The Morgan fingerprint density at radius 2 is 2.11 bits per heavy atom. The number of hydrogen-bond acceptors (Lipinski definition) is 8. The highest BCUT2D eigenvalue weighted by Gasteiger charge is 2.29. The third-order valence-electron chi connectivity index (χ3n) is 6.66. The molecule has 1 saturated heterocycles. The van der Waals surface area contributed by atoms with Gasteiger partial charge < -0.3 is 25.1 Å². The van der Waals surface area contributed by atoms with Gasteiger partial charge in [-0.2, -0.15) is 0 Å². The summed E-state index contributed by atoms with van der Waals surface area (Å²) < 4.78 is 34.3. The third-order valence-corrected chi connectivity index (χ3v) is 7.69. The number of benzene rings is 1. The summed E-state index contributed by atoms with van der Waals surface area (Å²) in [5, 5.41) is 7.21. The topological polar surface area (TPSA) is 135 Å². The van der Waals surface area contributed by atoms with Gasteiger partial charge in [0.05, 0.1) is 30.0 Å². The maximum atomic E-state index is 12.8. The van der Waals surface area contributed by atoms with Crippen molar-refractivity contribution in [3.63, 3.8) is 0 Å². The van der Waals surface area contributed by atoms with Gasteiger partial charge in [0.25, 0.3) is 0 Å². The molecule has 1 aliphatic carbocycles. The number of carbonyl (C=O) groups excluding carboxylic acids is 1. The van der Waals surface area contributed by atoms with Crippen LogP contribution < -0.4 is 15.4 Å². The zero-order valence-corrected chi connectivity index (χ0v) is 21.1. The van der Waals surface area contributed by atoms with Gasteiger partial charge in [-0.15, -0.1) is 0 Å². The predicted octanol–water partition coefficient (Wildman–Crippen LogP) is 2.53. The maximum Gasteiger partial charge on any atom is 0.223 e.